The van der Waals surface area contributed by atoms with Gasteiger partial charge in [0.1, 0.15) is 11.5 Å². The maximum atomic E-state index is 13.4. The van der Waals surface area contributed by atoms with Crippen LogP contribution in [0.4, 0.5) is 4.39 Å². The molecule has 0 saturated carbocycles. The van der Waals surface area contributed by atoms with Crippen molar-refractivity contribution >= 4 is 5.91 Å². The molecule has 1 fully saturated rings. The third kappa shape index (κ3) is 4.96. The molecule has 33 heavy (non-hydrogen) atoms. The number of nitrogens with zero attached hydrogens (tertiary/aromatic N) is 8. The van der Waals surface area contributed by atoms with Crippen molar-refractivity contribution in [2.24, 2.45) is 0 Å². The van der Waals surface area contributed by atoms with E-state index in [0.717, 1.165) is 24.2 Å². The molecule has 1 aliphatic rings. The SMILES string of the molecule is O=C(c1ccn(Cn2nnc(-c3ccccc3)n2)n1)N1CCN(Cc2cccc(F)c2)CC1. The van der Waals surface area contributed by atoms with E-state index in [0.29, 0.717) is 31.2 Å². The van der Waals surface area contributed by atoms with E-state index >= 15 is 0 Å². The molecule has 2 aromatic carbocycles. The highest BCUT2D eigenvalue weighted by atomic mass is 19.1. The van der Waals surface area contributed by atoms with E-state index in [4.69, 9.17) is 0 Å². The van der Waals surface area contributed by atoms with Gasteiger partial charge in [0.2, 0.25) is 5.82 Å². The van der Waals surface area contributed by atoms with Gasteiger partial charge in [-0.2, -0.15) is 5.10 Å². The third-order valence-electron chi connectivity index (χ3n) is 5.57. The molecule has 0 aliphatic carbocycles. The first-order chi connectivity index (χ1) is 16.1. The summed E-state index contributed by atoms with van der Waals surface area (Å²) in [7, 11) is 0. The Bertz CT molecular complexity index is 1230. The van der Waals surface area contributed by atoms with Gasteiger partial charge < -0.3 is 4.90 Å². The van der Waals surface area contributed by atoms with Crippen molar-refractivity contribution in [2.75, 3.05) is 26.2 Å². The molecule has 0 unspecified atom stereocenters. The van der Waals surface area contributed by atoms with E-state index < -0.39 is 0 Å². The molecule has 5 rings (SSSR count). The average Bonchev–Trinajstić information content (AvgIpc) is 3.50. The number of piperazine rings is 1. The lowest BCUT2D eigenvalue weighted by Gasteiger charge is -2.34. The highest BCUT2D eigenvalue weighted by Crippen LogP contribution is 2.13. The number of halogens is 1. The van der Waals surface area contributed by atoms with E-state index in [1.54, 1.807) is 34.0 Å². The summed E-state index contributed by atoms with van der Waals surface area (Å²) in [4.78, 5) is 18.4. The number of hydrogen-bond acceptors (Lipinski definition) is 6. The quantitative estimate of drug-likeness (QED) is 0.451. The molecular weight excluding hydrogens is 423 g/mol. The molecule has 0 bridgehead atoms. The number of amides is 1. The molecule has 1 aliphatic heterocycles. The monoisotopic (exact) mass is 446 g/mol. The van der Waals surface area contributed by atoms with Crippen molar-refractivity contribution in [3.8, 4) is 11.4 Å². The number of carbonyl (C=O) groups is 1. The van der Waals surface area contributed by atoms with Crippen LogP contribution in [-0.4, -0.2) is 71.9 Å². The zero-order chi connectivity index (χ0) is 22.6. The summed E-state index contributed by atoms with van der Waals surface area (Å²) in [6.07, 6.45) is 1.74. The zero-order valence-corrected chi connectivity index (χ0v) is 18.0. The molecule has 0 spiro atoms. The second-order valence-corrected chi connectivity index (χ2v) is 7.93. The number of carbonyl (C=O) groups excluding carboxylic acids is 1. The Balaban J connectivity index is 1.16. The molecule has 3 heterocycles. The lowest BCUT2D eigenvalue weighted by molar-refractivity contribution is 0.0621. The Kier molecular flexibility index (Phi) is 5.90. The second kappa shape index (κ2) is 9.29. The average molecular weight is 446 g/mol. The van der Waals surface area contributed by atoms with Crippen molar-refractivity contribution in [2.45, 2.75) is 13.2 Å². The second-order valence-electron chi connectivity index (χ2n) is 7.93. The van der Waals surface area contributed by atoms with Crippen LogP contribution in [0.25, 0.3) is 11.4 Å². The van der Waals surface area contributed by atoms with Gasteiger partial charge in [0.05, 0.1) is 0 Å². The molecule has 4 aromatic rings. The molecule has 0 atom stereocenters. The highest BCUT2D eigenvalue weighted by molar-refractivity contribution is 5.92. The van der Waals surface area contributed by atoms with E-state index in [2.05, 4.69) is 25.4 Å². The number of hydrogen-bond donors (Lipinski definition) is 0. The van der Waals surface area contributed by atoms with Crippen LogP contribution in [0.3, 0.4) is 0 Å². The van der Waals surface area contributed by atoms with Crippen molar-refractivity contribution < 1.29 is 9.18 Å². The normalized spacial score (nSPS) is 14.5. The lowest BCUT2D eigenvalue weighted by atomic mass is 10.2. The van der Waals surface area contributed by atoms with E-state index in [1.807, 2.05) is 36.4 Å². The fraction of sp³-hybridized carbons (Fsp3) is 0.261. The Morgan fingerprint density at radius 1 is 0.939 bits per heavy atom. The third-order valence-corrected chi connectivity index (χ3v) is 5.57. The van der Waals surface area contributed by atoms with Crippen LogP contribution in [-0.2, 0) is 13.2 Å². The van der Waals surface area contributed by atoms with Gasteiger partial charge in [-0.1, -0.05) is 42.5 Å². The summed E-state index contributed by atoms with van der Waals surface area (Å²) in [5, 5.41) is 16.9. The Hall–Kier alpha value is -3.92. The maximum absolute atomic E-state index is 13.4. The summed E-state index contributed by atoms with van der Waals surface area (Å²) < 4.78 is 15.0. The first-order valence-electron chi connectivity index (χ1n) is 10.8. The fourth-order valence-corrected chi connectivity index (χ4v) is 3.85. The van der Waals surface area contributed by atoms with E-state index in [-0.39, 0.29) is 18.4 Å². The standard InChI is InChI=1S/C23H23FN8O/c24-20-8-4-5-18(15-20)16-29-11-13-30(14-12-29)23(33)21-9-10-31(26-21)17-32-27-22(25-28-32)19-6-2-1-3-7-19/h1-10,15H,11-14,16-17H2. The molecule has 10 heteroatoms. The fourth-order valence-electron chi connectivity index (χ4n) is 3.85. The van der Waals surface area contributed by atoms with Gasteiger partial charge in [0, 0.05) is 44.5 Å². The minimum absolute atomic E-state index is 0.101. The van der Waals surface area contributed by atoms with Gasteiger partial charge >= 0.3 is 0 Å². The van der Waals surface area contributed by atoms with Gasteiger partial charge in [-0.25, -0.2) is 9.07 Å². The van der Waals surface area contributed by atoms with Crippen molar-refractivity contribution in [3.05, 3.63) is 83.9 Å². The molecule has 0 N–H and O–H groups in total. The van der Waals surface area contributed by atoms with Crippen molar-refractivity contribution in [3.63, 3.8) is 0 Å². The van der Waals surface area contributed by atoms with Gasteiger partial charge in [-0.05, 0) is 29.0 Å². The first-order valence-corrected chi connectivity index (χ1v) is 10.8. The maximum Gasteiger partial charge on any atom is 0.274 e. The van der Waals surface area contributed by atoms with E-state index in [9.17, 15) is 9.18 Å². The molecule has 9 nitrogen and oxygen atoms in total. The summed E-state index contributed by atoms with van der Waals surface area (Å²) in [6.45, 7) is 3.60. The van der Waals surface area contributed by atoms with Crippen LogP contribution < -0.4 is 0 Å². The van der Waals surface area contributed by atoms with Gasteiger partial charge in [-0.3, -0.25) is 9.69 Å². The molecule has 0 radical (unpaired) electrons. The first kappa shape index (κ1) is 21.0. The Morgan fingerprint density at radius 2 is 1.76 bits per heavy atom. The lowest BCUT2D eigenvalue weighted by Crippen LogP contribution is -2.48. The van der Waals surface area contributed by atoms with Crippen LogP contribution in [0, 0.1) is 5.82 Å². The zero-order valence-electron chi connectivity index (χ0n) is 18.0. The highest BCUT2D eigenvalue weighted by Gasteiger charge is 2.24. The van der Waals surface area contributed by atoms with Crippen LogP contribution in [0.15, 0.2) is 66.9 Å². The number of tetrazole rings is 1. The summed E-state index contributed by atoms with van der Waals surface area (Å²) in [5.41, 5.74) is 2.21. The molecule has 168 valence electrons. The summed E-state index contributed by atoms with van der Waals surface area (Å²) >= 11 is 0. The molecule has 1 saturated heterocycles. The van der Waals surface area contributed by atoms with Crippen molar-refractivity contribution in [1.82, 2.24) is 39.8 Å². The van der Waals surface area contributed by atoms with Crippen LogP contribution in [0.2, 0.25) is 0 Å². The largest absolute Gasteiger partial charge is 0.335 e. The predicted molar refractivity (Wildman–Crippen MR) is 118 cm³/mol. The number of rotatable bonds is 6. The van der Waals surface area contributed by atoms with E-state index in [1.165, 1.54) is 10.9 Å². The summed E-state index contributed by atoms with van der Waals surface area (Å²) in [6, 6.07) is 18.0. The van der Waals surface area contributed by atoms with Crippen LogP contribution in [0.1, 0.15) is 16.1 Å². The van der Waals surface area contributed by atoms with Crippen molar-refractivity contribution in [1.29, 1.82) is 0 Å². The topological polar surface area (TPSA) is 85.0 Å². The van der Waals surface area contributed by atoms with Gasteiger partial charge in [-0.15, -0.1) is 15.0 Å². The minimum Gasteiger partial charge on any atom is -0.335 e. The molecule has 1 amide bonds. The number of aromatic nitrogens is 6. The molecular formula is C23H23FN8O. The van der Waals surface area contributed by atoms with Gasteiger partial charge in [0.25, 0.3) is 5.91 Å². The Labute approximate surface area is 190 Å². The molecule has 2 aromatic heterocycles. The minimum atomic E-state index is -0.228. The predicted octanol–water partition coefficient (Wildman–Crippen LogP) is 2.14. The Morgan fingerprint density at radius 3 is 2.55 bits per heavy atom. The van der Waals surface area contributed by atoms with Gasteiger partial charge in [0.15, 0.2) is 6.67 Å². The number of benzene rings is 2. The van der Waals surface area contributed by atoms with Crippen LogP contribution in [0.5, 0.6) is 0 Å². The smallest absolute Gasteiger partial charge is 0.274 e. The summed E-state index contributed by atoms with van der Waals surface area (Å²) in [5.74, 6) is 0.208. The van der Waals surface area contributed by atoms with Crippen LogP contribution >= 0.6 is 0 Å².